The summed E-state index contributed by atoms with van der Waals surface area (Å²) in [6.45, 7) is 0.897. The number of nitrogens with zero attached hydrogens (tertiary/aromatic N) is 2. The molecule has 1 aliphatic rings. The van der Waals surface area contributed by atoms with E-state index in [-0.39, 0.29) is 0 Å². The van der Waals surface area contributed by atoms with E-state index in [1.807, 2.05) is 24.1 Å². The minimum Gasteiger partial charge on any atom is -0.361 e. The molecule has 4 rings (SSSR count). The lowest BCUT2D eigenvalue weighted by molar-refractivity contribution is 0.452. The molecule has 0 saturated heterocycles. The number of aryl methyl sites for hydroxylation is 1. The van der Waals surface area contributed by atoms with Crippen molar-refractivity contribution < 1.29 is 0 Å². The van der Waals surface area contributed by atoms with Crippen molar-refractivity contribution >= 4 is 10.9 Å². The highest BCUT2D eigenvalue weighted by Crippen LogP contribution is 2.29. The van der Waals surface area contributed by atoms with Crippen LogP contribution >= 0.6 is 0 Å². The minimum atomic E-state index is 0.427. The van der Waals surface area contributed by atoms with Crippen LogP contribution in [0.3, 0.4) is 0 Å². The molecule has 0 amide bonds. The Morgan fingerprint density at radius 3 is 3.29 bits per heavy atom. The maximum absolute atomic E-state index is 4.42. The van der Waals surface area contributed by atoms with Gasteiger partial charge in [-0.25, -0.2) is 0 Å². The highest BCUT2D eigenvalue weighted by Gasteiger charge is 2.22. The van der Waals surface area contributed by atoms with E-state index in [4.69, 9.17) is 0 Å². The fourth-order valence-corrected chi connectivity index (χ4v) is 3.46. The van der Waals surface area contributed by atoms with E-state index in [0.29, 0.717) is 6.04 Å². The Morgan fingerprint density at radius 2 is 2.33 bits per heavy atom. The van der Waals surface area contributed by atoms with Gasteiger partial charge in [0.05, 0.1) is 6.20 Å². The number of rotatable bonds is 3. The number of aromatic amines is 1. The number of H-pyrrole nitrogens is 1. The van der Waals surface area contributed by atoms with Crippen LogP contribution in [0.5, 0.6) is 0 Å². The number of hydrogen-bond acceptors (Lipinski definition) is 2. The zero-order valence-electron chi connectivity index (χ0n) is 12.3. The molecule has 2 heterocycles. The minimum absolute atomic E-state index is 0.427. The third kappa shape index (κ3) is 2.16. The molecule has 1 atom stereocenters. The number of nitrogens with one attached hydrogen (secondary N) is 2. The van der Waals surface area contributed by atoms with E-state index in [1.54, 1.807) is 0 Å². The van der Waals surface area contributed by atoms with Gasteiger partial charge in [-0.1, -0.05) is 12.1 Å². The molecule has 0 aliphatic heterocycles. The van der Waals surface area contributed by atoms with Crippen LogP contribution < -0.4 is 5.32 Å². The molecule has 0 radical (unpaired) electrons. The van der Waals surface area contributed by atoms with Gasteiger partial charge in [0.2, 0.25) is 0 Å². The van der Waals surface area contributed by atoms with E-state index < -0.39 is 0 Å². The van der Waals surface area contributed by atoms with Crippen molar-refractivity contribution in [3.63, 3.8) is 0 Å². The summed E-state index contributed by atoms with van der Waals surface area (Å²) in [5.41, 5.74) is 5.33. The lowest BCUT2D eigenvalue weighted by Crippen LogP contribution is -2.25. The average molecular weight is 280 g/mol. The number of aromatic nitrogens is 3. The zero-order chi connectivity index (χ0) is 14.2. The van der Waals surface area contributed by atoms with E-state index in [0.717, 1.165) is 13.0 Å². The summed E-state index contributed by atoms with van der Waals surface area (Å²) >= 11 is 0. The molecule has 0 fully saturated rings. The van der Waals surface area contributed by atoms with E-state index in [1.165, 1.54) is 40.6 Å². The van der Waals surface area contributed by atoms with E-state index >= 15 is 0 Å². The summed E-state index contributed by atoms with van der Waals surface area (Å²) in [6.07, 6.45) is 7.62. The van der Waals surface area contributed by atoms with Crippen molar-refractivity contribution in [1.82, 2.24) is 20.1 Å². The molecule has 0 bridgehead atoms. The fraction of sp³-hybridized carbons (Fsp3) is 0.353. The first-order chi connectivity index (χ1) is 10.3. The van der Waals surface area contributed by atoms with Crippen LogP contribution in [0.1, 0.15) is 35.7 Å². The summed E-state index contributed by atoms with van der Waals surface area (Å²) in [6, 6.07) is 9.03. The van der Waals surface area contributed by atoms with Gasteiger partial charge >= 0.3 is 0 Å². The molecule has 1 aliphatic carbocycles. The number of fused-ring (bicyclic) bond motifs is 2. The predicted molar refractivity (Wildman–Crippen MR) is 84.0 cm³/mol. The lowest BCUT2D eigenvalue weighted by atomic mass is 9.93. The van der Waals surface area contributed by atoms with Gasteiger partial charge < -0.3 is 10.3 Å². The van der Waals surface area contributed by atoms with Crippen molar-refractivity contribution in [1.29, 1.82) is 0 Å². The maximum Gasteiger partial charge on any atom is 0.0540 e. The van der Waals surface area contributed by atoms with Gasteiger partial charge in [-0.2, -0.15) is 5.10 Å². The lowest BCUT2D eigenvalue weighted by Gasteiger charge is -2.24. The molecule has 1 unspecified atom stereocenters. The Balaban J connectivity index is 1.56. The van der Waals surface area contributed by atoms with Crippen molar-refractivity contribution in [3.05, 3.63) is 53.5 Å². The van der Waals surface area contributed by atoms with Crippen LogP contribution in [0, 0.1) is 0 Å². The van der Waals surface area contributed by atoms with Crippen LogP contribution in [-0.4, -0.2) is 14.8 Å². The monoisotopic (exact) mass is 280 g/mol. The Bertz CT molecular complexity index is 768. The van der Waals surface area contributed by atoms with Crippen LogP contribution in [0.4, 0.5) is 0 Å². The van der Waals surface area contributed by atoms with Gasteiger partial charge in [0.25, 0.3) is 0 Å². The first-order valence-electron chi connectivity index (χ1n) is 7.62. The normalized spacial score (nSPS) is 18.0. The highest BCUT2D eigenvalue weighted by molar-refractivity contribution is 5.82. The standard InChI is InChI=1S/C17H20N4/c1-21-17-7-3-6-16(14(17)11-20-21)19-10-12-4-2-5-15-13(12)8-9-18-15/h2,4-5,8-9,11,16,18-19H,3,6-7,10H2,1H3. The van der Waals surface area contributed by atoms with E-state index in [9.17, 15) is 0 Å². The summed E-state index contributed by atoms with van der Waals surface area (Å²) in [4.78, 5) is 3.28. The predicted octanol–water partition coefficient (Wildman–Crippen LogP) is 3.07. The summed E-state index contributed by atoms with van der Waals surface area (Å²) in [5, 5.41) is 9.45. The van der Waals surface area contributed by atoms with Crippen molar-refractivity contribution in [3.8, 4) is 0 Å². The second kappa shape index (κ2) is 5.04. The van der Waals surface area contributed by atoms with Crippen LogP contribution in [0.2, 0.25) is 0 Å². The smallest absolute Gasteiger partial charge is 0.0540 e. The molecule has 21 heavy (non-hydrogen) atoms. The molecule has 108 valence electrons. The molecule has 4 nitrogen and oxygen atoms in total. The number of benzene rings is 1. The summed E-state index contributed by atoms with van der Waals surface area (Å²) < 4.78 is 2.02. The Hall–Kier alpha value is -2.07. The van der Waals surface area contributed by atoms with Gasteiger partial charge in [-0.3, -0.25) is 4.68 Å². The summed E-state index contributed by atoms with van der Waals surface area (Å²) in [5.74, 6) is 0. The molecule has 4 heteroatoms. The molecule has 0 spiro atoms. The Labute approximate surface area is 124 Å². The molecule has 0 saturated carbocycles. The van der Waals surface area contributed by atoms with Crippen molar-refractivity contribution in [2.24, 2.45) is 7.05 Å². The van der Waals surface area contributed by atoms with Crippen LogP contribution in [0.25, 0.3) is 10.9 Å². The van der Waals surface area contributed by atoms with Gasteiger partial charge in [-0.15, -0.1) is 0 Å². The Kier molecular flexibility index (Phi) is 3.04. The third-order valence-electron chi connectivity index (χ3n) is 4.60. The molecule has 2 aromatic heterocycles. The Morgan fingerprint density at radius 1 is 1.38 bits per heavy atom. The second-order valence-corrected chi connectivity index (χ2v) is 5.85. The maximum atomic E-state index is 4.42. The largest absolute Gasteiger partial charge is 0.361 e. The van der Waals surface area contributed by atoms with Crippen molar-refractivity contribution in [2.45, 2.75) is 31.8 Å². The fourth-order valence-electron chi connectivity index (χ4n) is 3.46. The van der Waals surface area contributed by atoms with E-state index in [2.05, 4.69) is 39.7 Å². The van der Waals surface area contributed by atoms with Gasteiger partial charge in [0.15, 0.2) is 0 Å². The molecule has 2 N–H and O–H groups in total. The van der Waals surface area contributed by atoms with Crippen molar-refractivity contribution in [2.75, 3.05) is 0 Å². The van der Waals surface area contributed by atoms with Gasteiger partial charge in [-0.05, 0) is 37.0 Å². The van der Waals surface area contributed by atoms with Gasteiger partial charge in [0, 0.05) is 48.0 Å². The third-order valence-corrected chi connectivity index (χ3v) is 4.60. The first kappa shape index (κ1) is 12.7. The van der Waals surface area contributed by atoms with Gasteiger partial charge in [0.1, 0.15) is 0 Å². The quantitative estimate of drug-likeness (QED) is 0.774. The highest BCUT2D eigenvalue weighted by atomic mass is 15.3. The molecular formula is C17H20N4. The van der Waals surface area contributed by atoms with Crippen LogP contribution in [-0.2, 0) is 20.0 Å². The topological polar surface area (TPSA) is 45.6 Å². The SMILES string of the molecule is Cn1ncc2c1CCCC2NCc1cccc2[nH]ccc12. The zero-order valence-corrected chi connectivity index (χ0v) is 12.3. The molecule has 3 aromatic rings. The average Bonchev–Trinajstić information content (AvgIpc) is 3.13. The summed E-state index contributed by atoms with van der Waals surface area (Å²) in [7, 11) is 2.04. The molecular weight excluding hydrogens is 260 g/mol. The van der Waals surface area contributed by atoms with Crippen LogP contribution in [0.15, 0.2) is 36.7 Å². The first-order valence-corrected chi connectivity index (χ1v) is 7.62. The number of hydrogen-bond donors (Lipinski definition) is 2. The molecule has 1 aromatic carbocycles. The second-order valence-electron chi connectivity index (χ2n) is 5.85.